The molecule has 2 atom stereocenters. The highest BCUT2D eigenvalue weighted by atomic mass is 16.7. The fourth-order valence-corrected chi connectivity index (χ4v) is 5.02. The van der Waals surface area contributed by atoms with Gasteiger partial charge >= 0.3 is 30.1 Å². The molecule has 0 radical (unpaired) electrons. The average molecular weight is 706 g/mol. The maximum atomic E-state index is 13.7. The second-order valence-electron chi connectivity index (χ2n) is 13.0. The smallest absolute Gasteiger partial charge is 0.421 e. The average Bonchev–Trinajstić information content (AvgIpc) is 2.98. The molecule has 16 nitrogen and oxygen atoms in total. The number of nitrogens with one attached hydrogen (secondary N) is 1. The number of hydrogen-bond donors (Lipinski definition) is 1. The topological polar surface area (TPSA) is 199 Å². The normalized spacial score (nSPS) is 15.4. The number of nitro groups is 1. The number of carbonyl (C=O) groups excluding carboxylic acids is 5. The van der Waals surface area contributed by atoms with Crippen molar-refractivity contribution in [3.05, 3.63) is 62.5 Å². The molecule has 0 aromatic heterocycles. The number of hydrogen-bond acceptors (Lipinski definition) is 13. The fraction of sp³-hybridized carbons (Fsp3) is 0.559. The molecule has 1 aromatic carbocycles. The van der Waals surface area contributed by atoms with Crippen molar-refractivity contribution in [1.82, 2.24) is 10.2 Å². The molecule has 1 aliphatic heterocycles. The van der Waals surface area contributed by atoms with Gasteiger partial charge in [0.25, 0.3) is 5.69 Å². The molecule has 0 spiro atoms. The van der Waals surface area contributed by atoms with E-state index in [1.54, 1.807) is 34.6 Å². The van der Waals surface area contributed by atoms with E-state index in [-0.39, 0.29) is 59.3 Å². The fourth-order valence-electron chi connectivity index (χ4n) is 5.02. The van der Waals surface area contributed by atoms with Crippen LogP contribution in [0.3, 0.4) is 0 Å². The maximum absolute atomic E-state index is 13.7. The molecule has 1 heterocycles. The van der Waals surface area contributed by atoms with Crippen molar-refractivity contribution in [2.45, 2.75) is 92.4 Å². The predicted octanol–water partition coefficient (Wildman–Crippen LogP) is 5.26. The number of esters is 3. The van der Waals surface area contributed by atoms with Crippen LogP contribution in [0.2, 0.25) is 0 Å². The van der Waals surface area contributed by atoms with Crippen molar-refractivity contribution in [3.63, 3.8) is 0 Å². The lowest BCUT2D eigenvalue weighted by atomic mass is 9.79. The molecule has 1 aliphatic rings. The van der Waals surface area contributed by atoms with E-state index in [0.717, 1.165) is 4.90 Å². The Morgan fingerprint density at radius 3 is 2.10 bits per heavy atom. The first-order valence-corrected chi connectivity index (χ1v) is 15.9. The minimum atomic E-state index is -1.26. The molecule has 0 aliphatic carbocycles. The van der Waals surface area contributed by atoms with Crippen LogP contribution in [0.5, 0.6) is 0 Å². The van der Waals surface area contributed by atoms with E-state index >= 15 is 0 Å². The number of allylic oxidation sites excluding steroid dienone is 2. The summed E-state index contributed by atoms with van der Waals surface area (Å²) in [6, 6.07) is 4.24. The Hall–Kier alpha value is -4.99. The number of amides is 2. The summed E-state index contributed by atoms with van der Waals surface area (Å²) in [6.45, 7) is 13.6. The van der Waals surface area contributed by atoms with E-state index in [4.69, 9.17) is 28.4 Å². The van der Waals surface area contributed by atoms with Crippen LogP contribution in [0.4, 0.5) is 15.3 Å². The van der Waals surface area contributed by atoms with Crippen LogP contribution in [0.15, 0.2) is 46.8 Å². The van der Waals surface area contributed by atoms with E-state index in [2.05, 4.69) is 5.32 Å². The van der Waals surface area contributed by atoms with Crippen LogP contribution in [0.25, 0.3) is 0 Å². The van der Waals surface area contributed by atoms with Crippen molar-refractivity contribution < 1.29 is 57.3 Å². The zero-order valence-corrected chi connectivity index (χ0v) is 30.1. The van der Waals surface area contributed by atoms with Gasteiger partial charge in [-0.05, 0) is 66.4 Å². The van der Waals surface area contributed by atoms with Gasteiger partial charge in [-0.3, -0.25) is 15.0 Å². The van der Waals surface area contributed by atoms with Crippen LogP contribution < -0.4 is 5.32 Å². The standard InChI is InChI=1S/C34H47N3O13/c1-19(2)16-25(35-32(41)50-34(7,8)9)29(38)47-18-48-33(42)36-21(5)26(30(39)46-15-14-45-10)28(23-12-11-13-24(17-23)37(43)44)27(22(36)6)31(40)49-20(3)4/h11-13,17,19-20,25,28H,14-16,18H2,1-10H3,(H,35,41)/t25-,28?/m0/s1. The quantitative estimate of drug-likeness (QED) is 0.0657. The Balaban J connectivity index is 2.54. The zero-order chi connectivity index (χ0) is 37.9. The highest BCUT2D eigenvalue weighted by molar-refractivity contribution is 6.01. The highest BCUT2D eigenvalue weighted by Crippen LogP contribution is 2.44. The number of nitro benzene ring substituents is 1. The molecule has 0 saturated carbocycles. The van der Waals surface area contributed by atoms with Gasteiger partial charge in [0.05, 0.1) is 34.7 Å². The molecule has 0 bridgehead atoms. The lowest BCUT2D eigenvalue weighted by molar-refractivity contribution is -0.384. The monoisotopic (exact) mass is 705 g/mol. The van der Waals surface area contributed by atoms with Crippen molar-refractivity contribution in [2.75, 3.05) is 27.1 Å². The molecular formula is C34H47N3O13. The molecule has 16 heteroatoms. The van der Waals surface area contributed by atoms with Crippen LogP contribution in [-0.4, -0.2) is 84.8 Å². The van der Waals surface area contributed by atoms with Gasteiger partial charge < -0.3 is 33.7 Å². The number of ether oxygens (including phenoxy) is 6. The number of carbonyl (C=O) groups is 5. The summed E-state index contributed by atoms with van der Waals surface area (Å²) in [5, 5.41) is 14.1. The van der Waals surface area contributed by atoms with Crippen LogP contribution >= 0.6 is 0 Å². The summed E-state index contributed by atoms with van der Waals surface area (Å²) in [6.07, 6.45) is -2.40. The maximum Gasteiger partial charge on any atom is 0.421 e. The van der Waals surface area contributed by atoms with Gasteiger partial charge in [-0.25, -0.2) is 24.0 Å². The Morgan fingerprint density at radius 2 is 1.56 bits per heavy atom. The van der Waals surface area contributed by atoms with E-state index in [1.165, 1.54) is 45.2 Å². The van der Waals surface area contributed by atoms with E-state index in [9.17, 15) is 34.1 Å². The van der Waals surface area contributed by atoms with E-state index in [1.807, 2.05) is 13.8 Å². The summed E-state index contributed by atoms with van der Waals surface area (Å²) in [7, 11) is 1.40. The Bertz CT molecular complexity index is 1510. The molecule has 1 aromatic rings. The summed E-state index contributed by atoms with van der Waals surface area (Å²) in [5.41, 5.74) is -1.36. The second-order valence-corrected chi connectivity index (χ2v) is 13.0. The van der Waals surface area contributed by atoms with Gasteiger partial charge in [-0.1, -0.05) is 26.0 Å². The van der Waals surface area contributed by atoms with E-state index in [0.29, 0.717) is 0 Å². The number of methoxy groups -OCH3 is 1. The summed E-state index contributed by atoms with van der Waals surface area (Å²) >= 11 is 0. The van der Waals surface area contributed by atoms with Crippen LogP contribution in [-0.2, 0) is 42.8 Å². The van der Waals surface area contributed by atoms with Gasteiger partial charge in [-0.2, -0.15) is 0 Å². The van der Waals surface area contributed by atoms with Crippen LogP contribution in [0.1, 0.15) is 80.2 Å². The number of nitrogens with zero attached hydrogens (tertiary/aromatic N) is 2. The minimum Gasteiger partial charge on any atom is -0.460 e. The lowest BCUT2D eigenvalue weighted by Crippen LogP contribution is -2.45. The molecule has 1 unspecified atom stereocenters. The molecule has 276 valence electrons. The summed E-state index contributed by atoms with van der Waals surface area (Å²) in [4.78, 5) is 78.2. The molecule has 0 fully saturated rings. The third kappa shape index (κ3) is 11.6. The minimum absolute atomic E-state index is 0.0151. The zero-order valence-electron chi connectivity index (χ0n) is 30.1. The number of rotatable bonds is 14. The van der Waals surface area contributed by atoms with Crippen molar-refractivity contribution in [2.24, 2.45) is 5.92 Å². The number of benzene rings is 1. The predicted molar refractivity (Wildman–Crippen MR) is 177 cm³/mol. The summed E-state index contributed by atoms with van der Waals surface area (Å²) in [5.74, 6) is -4.03. The van der Waals surface area contributed by atoms with Gasteiger partial charge in [0.2, 0.25) is 6.79 Å². The van der Waals surface area contributed by atoms with Crippen molar-refractivity contribution in [1.29, 1.82) is 0 Å². The van der Waals surface area contributed by atoms with Gasteiger partial charge in [0.15, 0.2) is 0 Å². The number of non-ortho nitro benzene ring substituents is 1. The summed E-state index contributed by atoms with van der Waals surface area (Å²) < 4.78 is 31.6. The van der Waals surface area contributed by atoms with E-state index < -0.39 is 65.5 Å². The molecule has 50 heavy (non-hydrogen) atoms. The Labute approximate surface area is 291 Å². The Morgan fingerprint density at radius 1 is 0.940 bits per heavy atom. The third-order valence-electron chi connectivity index (χ3n) is 6.99. The Kier molecular flexibility index (Phi) is 14.9. The number of alkyl carbamates (subject to hydrolysis) is 1. The molecule has 1 N–H and O–H groups in total. The van der Waals surface area contributed by atoms with Crippen LogP contribution in [0, 0.1) is 16.0 Å². The molecular weight excluding hydrogens is 658 g/mol. The van der Waals surface area contributed by atoms with Gasteiger partial charge in [0.1, 0.15) is 18.2 Å². The molecule has 2 amide bonds. The molecule has 0 saturated heterocycles. The molecule has 2 rings (SSSR count). The first-order valence-electron chi connectivity index (χ1n) is 15.9. The SMILES string of the molecule is COCCOC(=O)C1=C(C)N(C(=O)OCOC(=O)[C@H](CC(C)C)NC(=O)OC(C)(C)C)C(C)=C(C(=O)OC(C)C)C1c1cccc([N+](=O)[O-])c1. The van der Waals surface area contributed by atoms with Gasteiger partial charge in [-0.15, -0.1) is 0 Å². The third-order valence-corrected chi connectivity index (χ3v) is 6.99. The first-order chi connectivity index (χ1) is 23.3. The van der Waals surface area contributed by atoms with Gasteiger partial charge in [0, 0.05) is 30.6 Å². The largest absolute Gasteiger partial charge is 0.460 e. The highest BCUT2D eigenvalue weighted by Gasteiger charge is 2.43. The second kappa shape index (κ2) is 18.1. The lowest BCUT2D eigenvalue weighted by Gasteiger charge is -2.36. The van der Waals surface area contributed by atoms with Crippen molar-refractivity contribution in [3.8, 4) is 0 Å². The first kappa shape index (κ1) is 41.2. The van der Waals surface area contributed by atoms with Crippen molar-refractivity contribution >= 4 is 35.8 Å².